The summed E-state index contributed by atoms with van der Waals surface area (Å²) < 4.78 is 5.21. The van der Waals surface area contributed by atoms with Crippen LogP contribution in [0.3, 0.4) is 0 Å². The summed E-state index contributed by atoms with van der Waals surface area (Å²) >= 11 is 5.76. The van der Waals surface area contributed by atoms with Gasteiger partial charge in [-0.15, -0.1) is 0 Å². The predicted octanol–water partition coefficient (Wildman–Crippen LogP) is 2.01. The third-order valence-corrected chi connectivity index (χ3v) is 3.52. The number of carboxylic acids is 3. The molecule has 130 valence electrons. The molecule has 10 heteroatoms. The number of carboxylic acid groups (broad SMARTS) is 3. The summed E-state index contributed by atoms with van der Waals surface area (Å²) in [6.45, 7) is 0. The standard InChI is InChI=1S/C15H10ClNO8/c1-25-15(24)11-9(13(20)21)8(12(18)19)10(14(22)23)17(11)7-4-2-6(16)3-5-7/h2-5H,1H3,(H,18,19)(H,20,21)(H,22,23). The molecule has 0 aliphatic heterocycles. The van der Waals surface area contributed by atoms with E-state index in [0.717, 1.165) is 7.11 Å². The van der Waals surface area contributed by atoms with Crippen LogP contribution in [0, 0.1) is 0 Å². The summed E-state index contributed by atoms with van der Waals surface area (Å²) in [4.78, 5) is 46.8. The van der Waals surface area contributed by atoms with E-state index in [0.29, 0.717) is 9.59 Å². The van der Waals surface area contributed by atoms with Gasteiger partial charge in [-0.1, -0.05) is 11.6 Å². The number of hydrogen-bond donors (Lipinski definition) is 3. The van der Waals surface area contributed by atoms with Gasteiger partial charge < -0.3 is 20.1 Å². The van der Waals surface area contributed by atoms with Gasteiger partial charge in [-0.3, -0.25) is 4.57 Å². The molecule has 0 bridgehead atoms. The lowest BCUT2D eigenvalue weighted by molar-refractivity contribution is 0.0573. The maximum Gasteiger partial charge on any atom is 0.355 e. The number of benzene rings is 1. The molecule has 1 heterocycles. The van der Waals surface area contributed by atoms with Crippen molar-refractivity contribution in [1.82, 2.24) is 4.57 Å². The lowest BCUT2D eigenvalue weighted by atomic mass is 10.1. The normalized spacial score (nSPS) is 10.3. The minimum absolute atomic E-state index is 0.0252. The topological polar surface area (TPSA) is 143 Å². The molecule has 0 saturated heterocycles. The van der Waals surface area contributed by atoms with Crippen molar-refractivity contribution in [3.63, 3.8) is 0 Å². The monoisotopic (exact) mass is 367 g/mol. The maximum atomic E-state index is 12.1. The molecular formula is C15H10ClNO8. The molecule has 0 atom stereocenters. The number of aromatic carboxylic acids is 3. The first-order valence-electron chi connectivity index (χ1n) is 6.53. The van der Waals surface area contributed by atoms with Crippen molar-refractivity contribution in [2.24, 2.45) is 0 Å². The number of ether oxygens (including phenoxy) is 1. The van der Waals surface area contributed by atoms with Gasteiger partial charge in [0.1, 0.15) is 22.5 Å². The van der Waals surface area contributed by atoms with Crippen LogP contribution in [0.1, 0.15) is 41.7 Å². The highest BCUT2D eigenvalue weighted by Gasteiger charge is 2.38. The molecule has 0 saturated carbocycles. The van der Waals surface area contributed by atoms with Crippen molar-refractivity contribution in [1.29, 1.82) is 0 Å². The van der Waals surface area contributed by atoms with Crippen LogP contribution in [-0.2, 0) is 4.74 Å². The molecule has 1 aromatic carbocycles. The Hall–Kier alpha value is -3.33. The number of hydrogen-bond acceptors (Lipinski definition) is 5. The van der Waals surface area contributed by atoms with Crippen LogP contribution in [0.5, 0.6) is 0 Å². The van der Waals surface area contributed by atoms with E-state index in [4.69, 9.17) is 11.6 Å². The zero-order chi connectivity index (χ0) is 18.9. The van der Waals surface area contributed by atoms with Gasteiger partial charge in [0, 0.05) is 10.7 Å². The lowest BCUT2D eigenvalue weighted by Crippen LogP contribution is -2.16. The zero-order valence-corrected chi connectivity index (χ0v) is 13.3. The first-order valence-corrected chi connectivity index (χ1v) is 6.91. The second kappa shape index (κ2) is 6.65. The van der Waals surface area contributed by atoms with Crippen LogP contribution in [0.2, 0.25) is 5.02 Å². The van der Waals surface area contributed by atoms with Gasteiger partial charge in [0.15, 0.2) is 0 Å². The lowest BCUT2D eigenvalue weighted by Gasteiger charge is -2.11. The summed E-state index contributed by atoms with van der Waals surface area (Å²) in [5, 5.41) is 28.4. The van der Waals surface area contributed by atoms with E-state index < -0.39 is 46.4 Å². The Kier molecular flexibility index (Phi) is 4.79. The Morgan fingerprint density at radius 3 is 1.76 bits per heavy atom. The highest BCUT2D eigenvalue weighted by atomic mass is 35.5. The molecule has 1 aromatic heterocycles. The molecule has 2 aromatic rings. The summed E-state index contributed by atoms with van der Waals surface area (Å²) in [6.07, 6.45) is 0. The molecule has 2 rings (SSSR count). The van der Waals surface area contributed by atoms with Crippen molar-refractivity contribution < 1.29 is 39.2 Å². The van der Waals surface area contributed by atoms with Crippen molar-refractivity contribution in [2.75, 3.05) is 7.11 Å². The summed E-state index contributed by atoms with van der Waals surface area (Å²) in [5.41, 5.74) is -3.61. The summed E-state index contributed by atoms with van der Waals surface area (Å²) in [6, 6.07) is 5.34. The van der Waals surface area contributed by atoms with Crippen LogP contribution in [0.15, 0.2) is 24.3 Å². The highest BCUT2D eigenvalue weighted by Crippen LogP contribution is 2.29. The van der Waals surface area contributed by atoms with Crippen molar-refractivity contribution in [2.45, 2.75) is 0 Å². The fourth-order valence-electron chi connectivity index (χ4n) is 2.33. The molecule has 0 amide bonds. The molecule has 0 unspecified atom stereocenters. The van der Waals surface area contributed by atoms with Gasteiger partial charge in [0.05, 0.1) is 7.11 Å². The number of halogens is 1. The molecule has 0 radical (unpaired) electrons. The number of methoxy groups -OCH3 is 1. The van der Waals surface area contributed by atoms with E-state index in [1.807, 2.05) is 0 Å². The smallest absolute Gasteiger partial charge is 0.355 e. The van der Waals surface area contributed by atoms with Crippen LogP contribution in [-0.4, -0.2) is 50.9 Å². The largest absolute Gasteiger partial charge is 0.478 e. The van der Waals surface area contributed by atoms with Gasteiger partial charge in [-0.05, 0) is 24.3 Å². The van der Waals surface area contributed by atoms with E-state index in [1.54, 1.807) is 0 Å². The van der Waals surface area contributed by atoms with Gasteiger partial charge in [0.25, 0.3) is 0 Å². The number of esters is 1. The van der Waals surface area contributed by atoms with Crippen LogP contribution >= 0.6 is 11.6 Å². The minimum Gasteiger partial charge on any atom is -0.478 e. The SMILES string of the molecule is COC(=O)c1c(C(=O)O)c(C(=O)O)c(C(=O)O)n1-c1ccc(Cl)cc1. The Morgan fingerprint density at radius 1 is 0.880 bits per heavy atom. The van der Waals surface area contributed by atoms with E-state index in [9.17, 15) is 34.5 Å². The Labute approximate surface area is 144 Å². The van der Waals surface area contributed by atoms with Crippen LogP contribution in [0.4, 0.5) is 0 Å². The van der Waals surface area contributed by atoms with E-state index >= 15 is 0 Å². The first kappa shape index (κ1) is 18.0. The predicted molar refractivity (Wildman–Crippen MR) is 83.0 cm³/mol. The fraction of sp³-hybridized carbons (Fsp3) is 0.0667. The maximum absolute atomic E-state index is 12.1. The average Bonchev–Trinajstić information content (AvgIpc) is 2.91. The molecule has 9 nitrogen and oxygen atoms in total. The number of aromatic nitrogens is 1. The third kappa shape index (κ3) is 3.04. The number of rotatable bonds is 5. The van der Waals surface area contributed by atoms with Crippen molar-refractivity contribution in [3.05, 3.63) is 51.8 Å². The highest BCUT2D eigenvalue weighted by molar-refractivity contribution is 6.30. The number of carbonyl (C=O) groups excluding carboxylic acids is 1. The second-order valence-electron chi connectivity index (χ2n) is 4.67. The Bertz CT molecular complexity index is 897. The third-order valence-electron chi connectivity index (χ3n) is 3.26. The molecule has 0 aliphatic rings. The molecular weight excluding hydrogens is 358 g/mol. The molecule has 3 N–H and O–H groups in total. The van der Waals surface area contributed by atoms with Gasteiger partial charge >= 0.3 is 23.9 Å². The fourth-order valence-corrected chi connectivity index (χ4v) is 2.46. The first-order chi connectivity index (χ1) is 11.7. The van der Waals surface area contributed by atoms with Crippen molar-refractivity contribution in [3.8, 4) is 5.69 Å². The van der Waals surface area contributed by atoms with Gasteiger partial charge in [-0.25, -0.2) is 19.2 Å². The van der Waals surface area contributed by atoms with Crippen LogP contribution < -0.4 is 0 Å². The van der Waals surface area contributed by atoms with Crippen LogP contribution in [0.25, 0.3) is 5.69 Å². The Morgan fingerprint density at radius 2 is 1.36 bits per heavy atom. The van der Waals surface area contributed by atoms with E-state index in [1.165, 1.54) is 24.3 Å². The molecule has 0 aliphatic carbocycles. The van der Waals surface area contributed by atoms with Gasteiger partial charge in [-0.2, -0.15) is 0 Å². The van der Waals surface area contributed by atoms with Gasteiger partial charge in [0.2, 0.25) is 0 Å². The summed E-state index contributed by atoms with van der Waals surface area (Å²) in [7, 11) is 0.952. The Balaban J connectivity index is 3.06. The van der Waals surface area contributed by atoms with E-state index in [-0.39, 0.29) is 5.69 Å². The molecule has 25 heavy (non-hydrogen) atoms. The second-order valence-corrected chi connectivity index (χ2v) is 5.10. The quantitative estimate of drug-likeness (QED) is 0.681. The minimum atomic E-state index is -1.81. The van der Waals surface area contributed by atoms with E-state index in [2.05, 4.69) is 4.74 Å². The van der Waals surface area contributed by atoms with Crippen molar-refractivity contribution >= 4 is 35.5 Å². The summed E-state index contributed by atoms with van der Waals surface area (Å²) in [5.74, 6) is -6.53. The number of carbonyl (C=O) groups is 4. The molecule has 0 spiro atoms. The number of nitrogens with zero attached hydrogens (tertiary/aromatic N) is 1. The average molecular weight is 368 g/mol. The zero-order valence-electron chi connectivity index (χ0n) is 12.5. The molecule has 0 fully saturated rings.